The second kappa shape index (κ2) is 14.5. The fourth-order valence-electron chi connectivity index (χ4n) is 6.65. The molecule has 3 aliphatic rings. The van der Waals surface area contributed by atoms with E-state index in [1.807, 2.05) is 24.3 Å². The van der Waals surface area contributed by atoms with Gasteiger partial charge >= 0.3 is 0 Å². The molecule has 44 heavy (non-hydrogen) atoms. The van der Waals surface area contributed by atoms with Crippen LogP contribution in [-0.4, -0.2) is 76.5 Å². The van der Waals surface area contributed by atoms with Crippen molar-refractivity contribution in [2.75, 3.05) is 26.7 Å². The number of carbonyl (C=O) groups excluding carboxylic acids is 3. The maximum absolute atomic E-state index is 13.8. The van der Waals surface area contributed by atoms with Crippen LogP contribution in [0.5, 0.6) is 11.5 Å². The Balaban J connectivity index is 0.00000442. The summed E-state index contributed by atoms with van der Waals surface area (Å²) < 4.78 is 5.94. The minimum atomic E-state index is -0.922. The highest BCUT2D eigenvalue weighted by molar-refractivity contribution is 6.00. The number of hydrogen-bond donors (Lipinski definition) is 3. The molecule has 3 N–H and O–H groups in total. The molecule has 2 aromatic rings. The van der Waals surface area contributed by atoms with E-state index in [0.29, 0.717) is 55.8 Å². The van der Waals surface area contributed by atoms with Gasteiger partial charge in [0.05, 0.1) is 12.1 Å². The molecule has 2 aliphatic heterocycles. The normalized spacial score (nSPS) is 21.0. The van der Waals surface area contributed by atoms with Crippen molar-refractivity contribution < 1.29 is 24.2 Å². The van der Waals surface area contributed by atoms with E-state index < -0.39 is 17.2 Å². The van der Waals surface area contributed by atoms with Gasteiger partial charge in [-0.25, -0.2) is 0 Å². The maximum atomic E-state index is 13.8. The van der Waals surface area contributed by atoms with Crippen molar-refractivity contribution in [3.05, 3.63) is 59.7 Å². The summed E-state index contributed by atoms with van der Waals surface area (Å²) in [5, 5.41) is 16.7. The molecular formula is C34H43ClN4O5. The molecule has 2 aromatic carbocycles. The number of nitrogens with zero attached hydrogens (tertiary/aromatic N) is 2. The van der Waals surface area contributed by atoms with Gasteiger partial charge < -0.3 is 25.4 Å². The van der Waals surface area contributed by atoms with Gasteiger partial charge in [0.2, 0.25) is 11.8 Å². The summed E-state index contributed by atoms with van der Waals surface area (Å²) in [7, 11) is 1.60. The number of amides is 3. The average molecular weight is 623 g/mol. The molecule has 1 spiro atoms. The second-order valence-electron chi connectivity index (χ2n) is 12.0. The quantitative estimate of drug-likeness (QED) is 0.384. The third kappa shape index (κ3) is 7.37. The summed E-state index contributed by atoms with van der Waals surface area (Å²) >= 11 is 0. The standard InChI is InChI=1S/C34H42N4O5.ClH/c1-3-4-20-38-31(40)29(23-33(42)16-6-5-7-17-33)36-32(41)34(38)18-21-37(22-19-34)24-25-8-12-27(13-9-25)43-28-14-10-26(11-15-28)30(39)35-2;/h8-15,29,42H,5-7,16-24H2,1-2H3,(H,35,39)(H,36,41);1H/t29-;/m1./s1. The molecule has 3 fully saturated rings. The summed E-state index contributed by atoms with van der Waals surface area (Å²) in [6, 6.07) is 14.2. The zero-order valence-electron chi connectivity index (χ0n) is 25.6. The molecular weight excluding hydrogens is 580 g/mol. The van der Waals surface area contributed by atoms with Crippen LogP contribution < -0.4 is 15.4 Å². The predicted octanol–water partition coefficient (Wildman–Crippen LogP) is 4.03. The van der Waals surface area contributed by atoms with Crippen molar-refractivity contribution in [1.29, 1.82) is 0 Å². The summed E-state index contributed by atoms with van der Waals surface area (Å²) in [5.41, 5.74) is -0.131. The molecule has 236 valence electrons. The Bertz CT molecular complexity index is 1370. The van der Waals surface area contributed by atoms with Crippen LogP contribution in [0.15, 0.2) is 48.5 Å². The highest BCUT2D eigenvalue weighted by Crippen LogP contribution is 2.37. The van der Waals surface area contributed by atoms with Crippen molar-refractivity contribution in [3.8, 4) is 23.3 Å². The molecule has 0 radical (unpaired) electrons. The molecule has 0 unspecified atom stereocenters. The Morgan fingerprint density at radius 1 is 1.00 bits per heavy atom. The van der Waals surface area contributed by atoms with Crippen LogP contribution in [0.2, 0.25) is 0 Å². The van der Waals surface area contributed by atoms with Crippen LogP contribution in [0, 0.1) is 11.8 Å². The fourth-order valence-corrected chi connectivity index (χ4v) is 6.65. The first-order valence-corrected chi connectivity index (χ1v) is 15.3. The smallest absolute Gasteiger partial charge is 0.251 e. The van der Waals surface area contributed by atoms with Gasteiger partial charge in [0.1, 0.15) is 23.1 Å². The SMILES string of the molecule is CC#CCN1C(=O)[C@@H](CC2(O)CCCCC2)NC(=O)C12CCN(Cc1ccc(Oc3ccc(C(=O)NC)cc3)cc1)CC2.Cl. The molecule has 5 rings (SSSR count). The van der Waals surface area contributed by atoms with E-state index in [9.17, 15) is 19.5 Å². The third-order valence-corrected chi connectivity index (χ3v) is 9.18. The van der Waals surface area contributed by atoms with Crippen LogP contribution >= 0.6 is 12.4 Å². The van der Waals surface area contributed by atoms with Crippen LogP contribution in [-0.2, 0) is 16.1 Å². The first kappa shape index (κ1) is 33.3. The lowest BCUT2D eigenvalue weighted by Gasteiger charge is -2.51. The van der Waals surface area contributed by atoms with Crippen molar-refractivity contribution in [2.45, 2.75) is 82.0 Å². The number of piperidine rings is 1. The lowest BCUT2D eigenvalue weighted by molar-refractivity contribution is -0.162. The van der Waals surface area contributed by atoms with E-state index in [1.54, 1.807) is 43.1 Å². The van der Waals surface area contributed by atoms with E-state index >= 15 is 0 Å². The minimum absolute atomic E-state index is 0. The Morgan fingerprint density at radius 2 is 1.61 bits per heavy atom. The predicted molar refractivity (Wildman–Crippen MR) is 171 cm³/mol. The molecule has 0 bridgehead atoms. The van der Waals surface area contributed by atoms with E-state index in [1.165, 1.54) is 0 Å². The molecule has 2 saturated heterocycles. The highest BCUT2D eigenvalue weighted by Gasteiger charge is 2.54. The first-order valence-electron chi connectivity index (χ1n) is 15.3. The van der Waals surface area contributed by atoms with Gasteiger partial charge in [-0.15, -0.1) is 18.3 Å². The third-order valence-electron chi connectivity index (χ3n) is 9.18. The average Bonchev–Trinajstić information content (AvgIpc) is 3.02. The van der Waals surface area contributed by atoms with Gasteiger partial charge in [-0.3, -0.25) is 19.3 Å². The van der Waals surface area contributed by atoms with Crippen molar-refractivity contribution >= 4 is 30.1 Å². The number of halogens is 1. The Hall–Kier alpha value is -3.58. The van der Waals surface area contributed by atoms with Crippen LogP contribution in [0.1, 0.15) is 74.2 Å². The molecule has 0 aromatic heterocycles. The van der Waals surface area contributed by atoms with Crippen LogP contribution in [0.4, 0.5) is 0 Å². The molecule has 1 atom stereocenters. The van der Waals surface area contributed by atoms with Crippen LogP contribution in [0.3, 0.4) is 0 Å². The number of aliphatic hydroxyl groups is 1. The van der Waals surface area contributed by atoms with Crippen molar-refractivity contribution in [2.24, 2.45) is 0 Å². The number of piperazine rings is 1. The number of ether oxygens (including phenoxy) is 1. The summed E-state index contributed by atoms with van der Waals surface area (Å²) in [4.78, 5) is 43.2. The molecule has 1 saturated carbocycles. The number of likely N-dealkylation sites (tertiary alicyclic amines) is 1. The highest BCUT2D eigenvalue weighted by atomic mass is 35.5. The van der Waals surface area contributed by atoms with Crippen LogP contribution in [0.25, 0.3) is 0 Å². The van der Waals surface area contributed by atoms with E-state index in [0.717, 1.165) is 31.4 Å². The zero-order valence-corrected chi connectivity index (χ0v) is 26.4. The molecule has 10 heteroatoms. The summed E-state index contributed by atoms with van der Waals surface area (Å²) in [5.74, 6) is 6.86. The molecule has 2 heterocycles. The van der Waals surface area contributed by atoms with E-state index in [-0.39, 0.29) is 43.1 Å². The summed E-state index contributed by atoms with van der Waals surface area (Å²) in [6.07, 6.45) is 5.64. The van der Waals surface area contributed by atoms with Gasteiger partial charge in [0, 0.05) is 38.7 Å². The molecule has 9 nitrogen and oxygen atoms in total. The fraction of sp³-hybridized carbons (Fsp3) is 0.500. The lowest BCUT2D eigenvalue weighted by atomic mass is 9.77. The summed E-state index contributed by atoms with van der Waals surface area (Å²) in [6.45, 7) is 4.01. The Labute approximate surface area is 266 Å². The Morgan fingerprint density at radius 3 is 2.20 bits per heavy atom. The topological polar surface area (TPSA) is 111 Å². The number of rotatable bonds is 8. The minimum Gasteiger partial charge on any atom is -0.457 e. The van der Waals surface area contributed by atoms with Gasteiger partial charge in [-0.2, -0.15) is 0 Å². The largest absolute Gasteiger partial charge is 0.457 e. The second-order valence-corrected chi connectivity index (χ2v) is 12.0. The van der Waals surface area contributed by atoms with Crippen molar-refractivity contribution in [3.63, 3.8) is 0 Å². The lowest BCUT2D eigenvalue weighted by Crippen LogP contribution is -2.73. The van der Waals surface area contributed by atoms with E-state index in [2.05, 4.69) is 27.4 Å². The number of carbonyl (C=O) groups is 3. The number of nitrogens with one attached hydrogen (secondary N) is 2. The van der Waals surface area contributed by atoms with Gasteiger partial charge in [0.15, 0.2) is 0 Å². The Kier molecular flexibility index (Phi) is 11.0. The van der Waals surface area contributed by atoms with Gasteiger partial charge in [0.25, 0.3) is 5.91 Å². The first-order chi connectivity index (χ1) is 20.7. The van der Waals surface area contributed by atoms with Gasteiger partial charge in [-0.05, 0) is 74.6 Å². The monoisotopic (exact) mass is 622 g/mol. The molecule has 1 aliphatic carbocycles. The number of hydrogen-bond acceptors (Lipinski definition) is 6. The van der Waals surface area contributed by atoms with Crippen molar-refractivity contribution in [1.82, 2.24) is 20.4 Å². The van der Waals surface area contributed by atoms with Gasteiger partial charge in [-0.1, -0.05) is 37.3 Å². The number of benzene rings is 2. The molecule has 3 amide bonds. The van der Waals surface area contributed by atoms with E-state index in [4.69, 9.17) is 4.74 Å². The zero-order chi connectivity index (χ0) is 30.5. The maximum Gasteiger partial charge on any atom is 0.251 e.